The summed E-state index contributed by atoms with van der Waals surface area (Å²) < 4.78 is 10.5. The number of nitrogens with one attached hydrogen (secondary N) is 1. The first-order valence-corrected chi connectivity index (χ1v) is 6.58. The highest BCUT2D eigenvalue weighted by molar-refractivity contribution is 5.85. The van der Waals surface area contributed by atoms with Gasteiger partial charge in [0.15, 0.2) is 0 Å². The van der Waals surface area contributed by atoms with E-state index in [1.165, 1.54) is 0 Å². The third-order valence-corrected chi connectivity index (χ3v) is 3.28. The Bertz CT molecular complexity index is 252. The average molecular weight is 297 g/mol. The van der Waals surface area contributed by atoms with Gasteiger partial charge in [0.1, 0.15) is 6.10 Å². The van der Waals surface area contributed by atoms with Crippen molar-refractivity contribution in [2.24, 2.45) is 11.7 Å². The first kappa shape index (κ1) is 20.9. The highest BCUT2D eigenvalue weighted by atomic mass is 35.5. The van der Waals surface area contributed by atoms with Crippen molar-refractivity contribution in [2.75, 3.05) is 26.4 Å². The molecular weight excluding hydrogens is 268 g/mol. The lowest BCUT2D eigenvalue weighted by Gasteiger charge is -2.34. The van der Waals surface area contributed by atoms with Crippen LogP contribution in [-0.4, -0.2) is 43.9 Å². The Morgan fingerprint density at radius 1 is 1.32 bits per heavy atom. The van der Waals surface area contributed by atoms with Crippen LogP contribution in [0.1, 0.15) is 34.6 Å². The molecule has 0 aromatic rings. The number of hydrogen-bond acceptors (Lipinski definition) is 4. The lowest BCUT2D eigenvalue weighted by atomic mass is 9.88. The number of ether oxygens (including phenoxy) is 2. The van der Waals surface area contributed by atoms with E-state index in [0.29, 0.717) is 26.4 Å². The van der Waals surface area contributed by atoms with E-state index in [9.17, 15) is 4.79 Å². The van der Waals surface area contributed by atoms with Gasteiger partial charge < -0.3 is 20.5 Å². The lowest BCUT2D eigenvalue weighted by molar-refractivity contribution is -0.135. The second-order valence-electron chi connectivity index (χ2n) is 4.98. The monoisotopic (exact) mass is 296 g/mol. The number of rotatable bonds is 9. The van der Waals surface area contributed by atoms with Gasteiger partial charge in [-0.2, -0.15) is 0 Å². The van der Waals surface area contributed by atoms with Crippen molar-refractivity contribution in [1.82, 2.24) is 5.32 Å². The Labute approximate surface area is 123 Å². The topological polar surface area (TPSA) is 73.6 Å². The Morgan fingerprint density at radius 2 is 1.89 bits per heavy atom. The predicted molar refractivity (Wildman–Crippen MR) is 79.6 cm³/mol. The molecule has 116 valence electrons. The van der Waals surface area contributed by atoms with Crippen LogP contribution in [0.25, 0.3) is 0 Å². The fraction of sp³-hybridized carbons (Fsp3) is 0.923. The summed E-state index contributed by atoms with van der Waals surface area (Å²) in [6.45, 7) is 11.7. The van der Waals surface area contributed by atoms with E-state index in [2.05, 4.69) is 5.32 Å². The molecule has 0 saturated carbocycles. The highest BCUT2D eigenvalue weighted by Gasteiger charge is 2.30. The molecule has 0 saturated heterocycles. The van der Waals surface area contributed by atoms with Crippen molar-refractivity contribution in [2.45, 2.75) is 46.3 Å². The number of halogens is 1. The Morgan fingerprint density at radius 3 is 2.32 bits per heavy atom. The van der Waals surface area contributed by atoms with E-state index >= 15 is 0 Å². The van der Waals surface area contributed by atoms with Gasteiger partial charge in [-0.3, -0.25) is 4.79 Å². The van der Waals surface area contributed by atoms with E-state index in [-0.39, 0.29) is 24.2 Å². The molecular formula is C13H29ClN2O3. The van der Waals surface area contributed by atoms with E-state index in [1.54, 1.807) is 6.92 Å². The zero-order valence-electron chi connectivity index (χ0n) is 12.7. The second-order valence-corrected chi connectivity index (χ2v) is 4.98. The molecule has 0 radical (unpaired) electrons. The van der Waals surface area contributed by atoms with Gasteiger partial charge in [0.05, 0.1) is 18.8 Å². The average Bonchev–Trinajstić information content (AvgIpc) is 2.33. The van der Waals surface area contributed by atoms with E-state index < -0.39 is 11.6 Å². The third-order valence-electron chi connectivity index (χ3n) is 3.28. The summed E-state index contributed by atoms with van der Waals surface area (Å²) in [5.41, 5.74) is 5.33. The minimum Gasteiger partial charge on any atom is -0.379 e. The molecule has 2 unspecified atom stereocenters. The quantitative estimate of drug-likeness (QED) is 0.630. The molecule has 0 bridgehead atoms. The molecule has 0 aromatic heterocycles. The zero-order valence-corrected chi connectivity index (χ0v) is 13.5. The standard InChI is InChI=1S/C13H28N2O3.ClH/c1-6-17-7-8-18-11(4)12(16)15-13(5,9-14)10(2)3;/h10-11H,6-9,14H2,1-5H3,(H,15,16);1H. The number of carbonyl (C=O) groups excluding carboxylic acids is 1. The Kier molecular flexibility index (Phi) is 11.5. The maximum absolute atomic E-state index is 12.0. The molecule has 1 amide bonds. The smallest absolute Gasteiger partial charge is 0.249 e. The second kappa shape index (κ2) is 10.4. The van der Waals surface area contributed by atoms with Crippen molar-refractivity contribution in [1.29, 1.82) is 0 Å². The van der Waals surface area contributed by atoms with Crippen LogP contribution in [0.4, 0.5) is 0 Å². The zero-order chi connectivity index (χ0) is 14.2. The summed E-state index contributed by atoms with van der Waals surface area (Å²) in [6.07, 6.45) is -0.491. The first-order valence-electron chi connectivity index (χ1n) is 6.58. The summed E-state index contributed by atoms with van der Waals surface area (Å²) in [5.74, 6) is 0.134. The van der Waals surface area contributed by atoms with E-state index in [0.717, 1.165) is 0 Å². The minimum atomic E-state index is -0.491. The van der Waals surface area contributed by atoms with E-state index in [4.69, 9.17) is 15.2 Å². The summed E-state index contributed by atoms with van der Waals surface area (Å²) in [7, 11) is 0. The van der Waals surface area contributed by atoms with Crippen LogP contribution in [0, 0.1) is 5.92 Å². The van der Waals surface area contributed by atoms with Crippen molar-refractivity contribution in [3.63, 3.8) is 0 Å². The van der Waals surface area contributed by atoms with Crippen LogP contribution >= 0.6 is 12.4 Å². The van der Waals surface area contributed by atoms with Crippen LogP contribution in [0.5, 0.6) is 0 Å². The van der Waals surface area contributed by atoms with Gasteiger partial charge in [0.25, 0.3) is 0 Å². The van der Waals surface area contributed by atoms with E-state index in [1.807, 2.05) is 27.7 Å². The van der Waals surface area contributed by atoms with Gasteiger partial charge in [-0.1, -0.05) is 13.8 Å². The minimum absolute atomic E-state index is 0. The fourth-order valence-electron chi connectivity index (χ4n) is 1.32. The maximum atomic E-state index is 12.0. The summed E-state index contributed by atoms with van der Waals surface area (Å²) in [4.78, 5) is 12.0. The molecule has 19 heavy (non-hydrogen) atoms. The Hall–Kier alpha value is -0.360. The van der Waals surface area contributed by atoms with Gasteiger partial charge in [-0.25, -0.2) is 0 Å². The van der Waals surface area contributed by atoms with Crippen molar-refractivity contribution >= 4 is 18.3 Å². The van der Waals surface area contributed by atoms with Crippen molar-refractivity contribution in [3.05, 3.63) is 0 Å². The van der Waals surface area contributed by atoms with Crippen LogP contribution in [0.3, 0.4) is 0 Å². The molecule has 0 aliphatic heterocycles. The van der Waals surface area contributed by atoms with Gasteiger partial charge in [-0.05, 0) is 26.7 Å². The molecule has 2 atom stereocenters. The highest BCUT2D eigenvalue weighted by Crippen LogP contribution is 2.15. The maximum Gasteiger partial charge on any atom is 0.249 e. The SMILES string of the molecule is CCOCCOC(C)C(=O)NC(C)(CN)C(C)C.Cl. The molecule has 0 fully saturated rings. The molecule has 0 aliphatic rings. The van der Waals surface area contributed by atoms with Crippen LogP contribution in [0.2, 0.25) is 0 Å². The number of hydrogen-bond donors (Lipinski definition) is 2. The number of amides is 1. The Balaban J connectivity index is 0. The van der Waals surface area contributed by atoms with Gasteiger partial charge in [-0.15, -0.1) is 12.4 Å². The molecule has 0 aliphatic carbocycles. The van der Waals surface area contributed by atoms with Gasteiger partial charge in [0.2, 0.25) is 5.91 Å². The third kappa shape index (κ3) is 7.72. The number of carbonyl (C=O) groups is 1. The molecule has 0 heterocycles. The normalized spacial score (nSPS) is 15.5. The molecule has 0 aromatic carbocycles. The van der Waals surface area contributed by atoms with Crippen LogP contribution in [0.15, 0.2) is 0 Å². The van der Waals surface area contributed by atoms with Crippen LogP contribution < -0.4 is 11.1 Å². The largest absolute Gasteiger partial charge is 0.379 e. The fourth-order valence-corrected chi connectivity index (χ4v) is 1.32. The van der Waals surface area contributed by atoms with Crippen molar-refractivity contribution < 1.29 is 14.3 Å². The molecule has 5 nitrogen and oxygen atoms in total. The summed E-state index contributed by atoms with van der Waals surface area (Å²) >= 11 is 0. The number of nitrogens with two attached hydrogens (primary N) is 1. The molecule has 6 heteroatoms. The first-order chi connectivity index (χ1) is 8.37. The predicted octanol–water partition coefficient (Wildman–Crippen LogP) is 1.34. The molecule has 0 spiro atoms. The van der Waals surface area contributed by atoms with Crippen molar-refractivity contribution in [3.8, 4) is 0 Å². The summed E-state index contributed by atoms with van der Waals surface area (Å²) in [5, 5.41) is 2.95. The van der Waals surface area contributed by atoms with Gasteiger partial charge >= 0.3 is 0 Å². The van der Waals surface area contributed by atoms with Gasteiger partial charge in [0, 0.05) is 13.2 Å². The summed E-state index contributed by atoms with van der Waals surface area (Å²) in [6, 6.07) is 0. The lowest BCUT2D eigenvalue weighted by Crippen LogP contribution is -2.57. The molecule has 3 N–H and O–H groups in total. The molecule has 0 rings (SSSR count). The van der Waals surface area contributed by atoms with Crippen LogP contribution in [-0.2, 0) is 14.3 Å².